The predicted octanol–water partition coefficient (Wildman–Crippen LogP) is 2.98. The first-order chi connectivity index (χ1) is 10.8. The van der Waals surface area contributed by atoms with Crippen LogP contribution in [0.15, 0.2) is 39.2 Å². The molecular formula is C15H13N3O4. The van der Waals surface area contributed by atoms with Crippen LogP contribution in [0.2, 0.25) is 0 Å². The van der Waals surface area contributed by atoms with Gasteiger partial charge in [0.1, 0.15) is 11.5 Å². The van der Waals surface area contributed by atoms with Gasteiger partial charge in [-0.1, -0.05) is 5.10 Å². The van der Waals surface area contributed by atoms with Crippen LogP contribution in [-0.2, 0) is 6.54 Å². The lowest BCUT2D eigenvalue weighted by Crippen LogP contribution is -1.97. The number of furan rings is 1. The van der Waals surface area contributed by atoms with E-state index in [0.717, 1.165) is 22.8 Å². The molecule has 7 heteroatoms. The number of aryl methyl sites for hydroxylation is 1. The van der Waals surface area contributed by atoms with Crippen LogP contribution in [0.5, 0.6) is 11.5 Å². The summed E-state index contributed by atoms with van der Waals surface area (Å²) < 4.78 is 21.7. The van der Waals surface area contributed by atoms with Crippen molar-refractivity contribution in [1.82, 2.24) is 10.2 Å². The van der Waals surface area contributed by atoms with Crippen molar-refractivity contribution in [1.29, 1.82) is 0 Å². The van der Waals surface area contributed by atoms with Gasteiger partial charge in [0, 0.05) is 5.56 Å². The molecule has 3 heterocycles. The van der Waals surface area contributed by atoms with Gasteiger partial charge in [0.15, 0.2) is 11.5 Å². The fourth-order valence-corrected chi connectivity index (χ4v) is 2.18. The third-order valence-corrected chi connectivity index (χ3v) is 3.25. The molecule has 4 rings (SSSR count). The second-order valence-corrected chi connectivity index (χ2v) is 4.85. The minimum Gasteiger partial charge on any atom is -0.465 e. The molecule has 0 unspecified atom stereocenters. The second-order valence-electron chi connectivity index (χ2n) is 4.85. The SMILES string of the molecule is Cc1ccc(CNc2nnc(-c3ccc4c(c3)OCO4)o2)o1. The van der Waals surface area contributed by atoms with Gasteiger partial charge in [-0.15, -0.1) is 5.10 Å². The van der Waals surface area contributed by atoms with E-state index in [4.69, 9.17) is 18.3 Å². The number of nitrogens with zero attached hydrogens (tertiary/aromatic N) is 2. The molecule has 0 saturated heterocycles. The summed E-state index contributed by atoms with van der Waals surface area (Å²) in [5.74, 6) is 3.48. The summed E-state index contributed by atoms with van der Waals surface area (Å²) in [4.78, 5) is 0. The van der Waals surface area contributed by atoms with Gasteiger partial charge < -0.3 is 23.6 Å². The van der Waals surface area contributed by atoms with Crippen molar-refractivity contribution in [3.05, 3.63) is 41.9 Å². The van der Waals surface area contributed by atoms with E-state index in [0.29, 0.717) is 24.2 Å². The standard InChI is InChI=1S/C15H13N3O4/c1-9-2-4-11(21-9)7-16-15-18-17-14(22-15)10-3-5-12-13(6-10)20-8-19-12/h2-6H,7-8H2,1H3,(H,16,18). The Bertz CT molecular complexity index is 809. The second kappa shape index (κ2) is 5.10. The van der Waals surface area contributed by atoms with E-state index in [2.05, 4.69) is 15.5 Å². The highest BCUT2D eigenvalue weighted by Gasteiger charge is 2.16. The summed E-state index contributed by atoms with van der Waals surface area (Å²) in [6.07, 6.45) is 0. The number of anilines is 1. The van der Waals surface area contributed by atoms with Gasteiger partial charge in [0.05, 0.1) is 6.54 Å². The number of fused-ring (bicyclic) bond motifs is 1. The summed E-state index contributed by atoms with van der Waals surface area (Å²) in [6, 6.07) is 9.62. The summed E-state index contributed by atoms with van der Waals surface area (Å²) in [5.41, 5.74) is 0.777. The molecule has 0 saturated carbocycles. The largest absolute Gasteiger partial charge is 0.465 e. The molecule has 0 radical (unpaired) electrons. The monoisotopic (exact) mass is 299 g/mol. The Hall–Kier alpha value is -2.96. The highest BCUT2D eigenvalue weighted by atomic mass is 16.7. The lowest BCUT2D eigenvalue weighted by Gasteiger charge is -1.99. The average molecular weight is 299 g/mol. The van der Waals surface area contributed by atoms with Gasteiger partial charge >= 0.3 is 6.01 Å². The topological polar surface area (TPSA) is 82.6 Å². The fourth-order valence-electron chi connectivity index (χ4n) is 2.18. The number of hydrogen-bond donors (Lipinski definition) is 1. The van der Waals surface area contributed by atoms with Crippen LogP contribution in [0, 0.1) is 6.92 Å². The molecule has 0 spiro atoms. The lowest BCUT2D eigenvalue weighted by molar-refractivity contribution is 0.174. The molecule has 22 heavy (non-hydrogen) atoms. The molecule has 1 aromatic carbocycles. The van der Waals surface area contributed by atoms with E-state index in [1.165, 1.54) is 0 Å². The Morgan fingerprint density at radius 1 is 1.05 bits per heavy atom. The first-order valence-electron chi connectivity index (χ1n) is 6.81. The molecule has 0 fully saturated rings. The van der Waals surface area contributed by atoms with Gasteiger partial charge in [-0.05, 0) is 37.3 Å². The third-order valence-electron chi connectivity index (χ3n) is 3.25. The van der Waals surface area contributed by atoms with Gasteiger partial charge in [0.25, 0.3) is 0 Å². The number of ether oxygens (including phenoxy) is 2. The molecule has 1 aliphatic rings. The van der Waals surface area contributed by atoms with Crippen LogP contribution < -0.4 is 14.8 Å². The van der Waals surface area contributed by atoms with Crippen molar-refractivity contribution in [2.75, 3.05) is 12.1 Å². The van der Waals surface area contributed by atoms with Gasteiger partial charge in [-0.25, -0.2) is 0 Å². The molecule has 3 aromatic rings. The first-order valence-corrected chi connectivity index (χ1v) is 6.81. The molecule has 7 nitrogen and oxygen atoms in total. The van der Waals surface area contributed by atoms with Crippen molar-refractivity contribution < 1.29 is 18.3 Å². The summed E-state index contributed by atoms with van der Waals surface area (Å²) in [5, 5.41) is 11.0. The maximum absolute atomic E-state index is 5.59. The van der Waals surface area contributed by atoms with Gasteiger partial charge in [0.2, 0.25) is 12.7 Å². The molecule has 2 aromatic heterocycles. The molecule has 1 aliphatic heterocycles. The van der Waals surface area contributed by atoms with Crippen LogP contribution in [0.4, 0.5) is 6.01 Å². The summed E-state index contributed by atoms with van der Waals surface area (Å²) in [7, 11) is 0. The minimum absolute atomic E-state index is 0.234. The number of rotatable bonds is 4. The Kier molecular flexibility index (Phi) is 2.96. The molecule has 0 amide bonds. The van der Waals surface area contributed by atoms with Crippen molar-refractivity contribution >= 4 is 6.01 Å². The maximum Gasteiger partial charge on any atom is 0.316 e. The molecule has 112 valence electrons. The van der Waals surface area contributed by atoms with Crippen LogP contribution in [0.3, 0.4) is 0 Å². The molecule has 0 bridgehead atoms. The number of nitrogens with one attached hydrogen (secondary N) is 1. The molecule has 1 N–H and O–H groups in total. The highest BCUT2D eigenvalue weighted by molar-refractivity contribution is 5.60. The van der Waals surface area contributed by atoms with E-state index in [1.807, 2.05) is 37.3 Å². The maximum atomic E-state index is 5.59. The van der Waals surface area contributed by atoms with Crippen LogP contribution in [0.25, 0.3) is 11.5 Å². The van der Waals surface area contributed by atoms with E-state index in [-0.39, 0.29) is 6.79 Å². The Morgan fingerprint density at radius 2 is 1.95 bits per heavy atom. The van der Waals surface area contributed by atoms with Gasteiger partial charge in [-0.2, -0.15) is 0 Å². The Labute approximate surface area is 125 Å². The van der Waals surface area contributed by atoms with Crippen molar-refractivity contribution in [3.63, 3.8) is 0 Å². The number of aromatic nitrogens is 2. The predicted molar refractivity (Wildman–Crippen MR) is 76.6 cm³/mol. The molecule has 0 aliphatic carbocycles. The first kappa shape index (κ1) is 12.8. The van der Waals surface area contributed by atoms with Crippen LogP contribution in [-0.4, -0.2) is 17.0 Å². The van der Waals surface area contributed by atoms with E-state index in [9.17, 15) is 0 Å². The smallest absolute Gasteiger partial charge is 0.316 e. The quantitative estimate of drug-likeness (QED) is 0.792. The normalized spacial score (nSPS) is 12.6. The zero-order valence-corrected chi connectivity index (χ0v) is 11.8. The van der Waals surface area contributed by atoms with Crippen LogP contribution in [0.1, 0.15) is 11.5 Å². The third kappa shape index (κ3) is 2.37. The van der Waals surface area contributed by atoms with Crippen LogP contribution >= 0.6 is 0 Å². The fraction of sp³-hybridized carbons (Fsp3) is 0.200. The number of hydrogen-bond acceptors (Lipinski definition) is 7. The van der Waals surface area contributed by atoms with E-state index < -0.39 is 0 Å². The Balaban J connectivity index is 1.49. The van der Waals surface area contributed by atoms with Gasteiger partial charge in [-0.3, -0.25) is 0 Å². The van der Waals surface area contributed by atoms with E-state index in [1.54, 1.807) is 0 Å². The van der Waals surface area contributed by atoms with Crippen molar-refractivity contribution in [2.45, 2.75) is 13.5 Å². The Morgan fingerprint density at radius 3 is 2.82 bits per heavy atom. The highest BCUT2D eigenvalue weighted by Crippen LogP contribution is 2.35. The zero-order chi connectivity index (χ0) is 14.9. The number of benzene rings is 1. The molecule has 0 atom stereocenters. The van der Waals surface area contributed by atoms with Crippen molar-refractivity contribution in [3.8, 4) is 23.0 Å². The lowest BCUT2D eigenvalue weighted by atomic mass is 10.2. The summed E-state index contributed by atoms with van der Waals surface area (Å²) in [6.45, 7) is 2.61. The average Bonchev–Trinajstić information content (AvgIpc) is 3.24. The minimum atomic E-state index is 0.234. The van der Waals surface area contributed by atoms with E-state index >= 15 is 0 Å². The summed E-state index contributed by atoms with van der Waals surface area (Å²) >= 11 is 0. The zero-order valence-electron chi connectivity index (χ0n) is 11.8. The van der Waals surface area contributed by atoms with Crippen molar-refractivity contribution in [2.24, 2.45) is 0 Å². The molecular weight excluding hydrogens is 286 g/mol.